The first-order valence-corrected chi connectivity index (χ1v) is 12.0. The van der Waals surface area contributed by atoms with Crippen LogP contribution in [0.3, 0.4) is 0 Å². The van der Waals surface area contributed by atoms with E-state index in [2.05, 4.69) is 15.1 Å². The molecule has 1 N–H and O–H groups in total. The number of H-pyrrole nitrogens is 1. The van der Waals surface area contributed by atoms with E-state index in [1.807, 2.05) is 6.92 Å². The second kappa shape index (κ2) is 12.9. The van der Waals surface area contributed by atoms with Gasteiger partial charge in [0.15, 0.2) is 18.3 Å². The first kappa shape index (κ1) is 30.1. The fourth-order valence-corrected chi connectivity index (χ4v) is 4.31. The van der Waals surface area contributed by atoms with Crippen LogP contribution in [0.25, 0.3) is 10.2 Å². The second-order valence-corrected chi connectivity index (χ2v) is 9.25. The van der Waals surface area contributed by atoms with Gasteiger partial charge in [-0.15, -0.1) is 11.3 Å². The molecule has 2 rings (SSSR count). The van der Waals surface area contributed by atoms with Crippen molar-refractivity contribution < 1.29 is 42.9 Å². The van der Waals surface area contributed by atoms with Crippen LogP contribution in [-0.2, 0) is 42.9 Å². The number of aromatic nitrogens is 2. The second-order valence-electron chi connectivity index (χ2n) is 8.05. The highest BCUT2D eigenvalue weighted by Gasteiger charge is 2.37. The summed E-state index contributed by atoms with van der Waals surface area (Å²) in [6.45, 7) is 8.53. The van der Waals surface area contributed by atoms with Gasteiger partial charge < -0.3 is 18.9 Å². The van der Waals surface area contributed by atoms with Crippen molar-refractivity contribution in [2.75, 3.05) is 11.6 Å². The van der Waals surface area contributed by atoms with E-state index in [-0.39, 0.29) is 5.95 Å². The van der Waals surface area contributed by atoms with Crippen LogP contribution in [0, 0.1) is 13.8 Å². The minimum atomic E-state index is -1.53. The minimum absolute atomic E-state index is 0.213. The number of aromatic amines is 1. The number of amides is 1. The molecule has 2 aromatic rings. The SMILES string of the molecule is CC(=O)OC[C@@H](OC(C)=O)[C@H](OC(C)=O)[C@H](/C=N/N(C(C)=O)c1nc2sc(C)c(C)c2c(=O)[nH]1)OC(C)=O. The van der Waals surface area contributed by atoms with Crippen LogP contribution in [0.5, 0.6) is 0 Å². The average molecular weight is 553 g/mol. The van der Waals surface area contributed by atoms with E-state index in [0.717, 1.165) is 56.3 Å². The van der Waals surface area contributed by atoms with E-state index in [1.54, 1.807) is 6.92 Å². The first-order valence-electron chi connectivity index (χ1n) is 11.2. The molecule has 0 saturated heterocycles. The molecule has 0 unspecified atom stereocenters. The molecule has 0 aliphatic carbocycles. The van der Waals surface area contributed by atoms with E-state index in [0.29, 0.717) is 10.2 Å². The zero-order chi connectivity index (χ0) is 28.7. The molecule has 0 fully saturated rings. The highest BCUT2D eigenvalue weighted by molar-refractivity contribution is 7.18. The molecule has 0 aliphatic heterocycles. The Labute approximate surface area is 220 Å². The van der Waals surface area contributed by atoms with Gasteiger partial charge in [0, 0.05) is 39.5 Å². The van der Waals surface area contributed by atoms with Crippen LogP contribution in [0.4, 0.5) is 5.95 Å². The number of aryl methyl sites for hydroxylation is 2. The van der Waals surface area contributed by atoms with Crippen LogP contribution in [0.15, 0.2) is 9.90 Å². The van der Waals surface area contributed by atoms with Gasteiger partial charge in [-0.25, -0.2) is 4.98 Å². The fourth-order valence-electron chi connectivity index (χ4n) is 3.29. The summed E-state index contributed by atoms with van der Waals surface area (Å²) in [5.41, 5.74) is 0.269. The minimum Gasteiger partial charge on any atom is -0.462 e. The molecule has 38 heavy (non-hydrogen) atoms. The van der Waals surface area contributed by atoms with Crippen molar-refractivity contribution in [1.29, 1.82) is 0 Å². The molecular formula is C23H28N4O10S. The van der Waals surface area contributed by atoms with Crippen molar-refractivity contribution >= 4 is 63.5 Å². The predicted molar refractivity (Wildman–Crippen MR) is 135 cm³/mol. The van der Waals surface area contributed by atoms with Gasteiger partial charge in [0.1, 0.15) is 11.4 Å². The third-order valence-electron chi connectivity index (χ3n) is 4.92. The molecule has 0 saturated carbocycles. The number of anilines is 1. The Bertz CT molecular complexity index is 1330. The number of nitrogens with one attached hydrogen (secondary N) is 1. The molecule has 2 aromatic heterocycles. The topological polar surface area (TPSA) is 184 Å². The summed E-state index contributed by atoms with van der Waals surface area (Å²) in [4.78, 5) is 80.0. The number of nitrogens with zero attached hydrogens (tertiary/aromatic N) is 3. The lowest BCUT2D eigenvalue weighted by molar-refractivity contribution is -0.183. The van der Waals surface area contributed by atoms with Crippen molar-refractivity contribution in [1.82, 2.24) is 9.97 Å². The van der Waals surface area contributed by atoms with Crippen LogP contribution in [0.1, 0.15) is 45.1 Å². The highest BCUT2D eigenvalue weighted by Crippen LogP contribution is 2.27. The van der Waals surface area contributed by atoms with E-state index in [9.17, 15) is 28.8 Å². The molecule has 0 aliphatic rings. The van der Waals surface area contributed by atoms with E-state index in [4.69, 9.17) is 18.9 Å². The van der Waals surface area contributed by atoms with Crippen LogP contribution in [0.2, 0.25) is 0 Å². The van der Waals surface area contributed by atoms with Gasteiger partial charge in [-0.3, -0.25) is 33.8 Å². The number of hydrogen-bond acceptors (Lipinski definition) is 13. The van der Waals surface area contributed by atoms with E-state index < -0.39 is 60.3 Å². The number of ether oxygens (including phenoxy) is 4. The largest absolute Gasteiger partial charge is 0.462 e. The molecule has 0 bridgehead atoms. The van der Waals surface area contributed by atoms with E-state index in [1.165, 1.54) is 11.3 Å². The monoisotopic (exact) mass is 552 g/mol. The number of hydrogen-bond donors (Lipinski definition) is 1. The standard InChI is InChI=1S/C23H28N4O10S/c1-10-11(2)38-22-19(10)21(33)25-23(26-22)27(12(3)28)24-8-17(35-14(5)30)20(37-16(7)32)18(36-15(6)31)9-34-13(4)29/h8,17-18,20H,9H2,1-7H3,(H,25,26,33)/b24-8+/t17-,18+,20+/m0/s1. The summed E-state index contributed by atoms with van der Waals surface area (Å²) in [6, 6.07) is 0. The lowest BCUT2D eigenvalue weighted by Crippen LogP contribution is -2.48. The van der Waals surface area contributed by atoms with Gasteiger partial charge in [0.05, 0.1) is 11.6 Å². The molecular weight excluding hydrogens is 524 g/mol. The summed E-state index contributed by atoms with van der Waals surface area (Å²) in [7, 11) is 0. The predicted octanol–water partition coefficient (Wildman–Crippen LogP) is 1.30. The number of carbonyl (C=O) groups excluding carboxylic acids is 5. The smallest absolute Gasteiger partial charge is 0.303 e. The normalized spacial score (nSPS) is 13.4. The molecule has 1 amide bonds. The van der Waals surface area contributed by atoms with Crippen LogP contribution < -0.4 is 10.6 Å². The van der Waals surface area contributed by atoms with Gasteiger partial charge in [-0.1, -0.05) is 0 Å². The number of thiophene rings is 1. The fraction of sp³-hybridized carbons (Fsp3) is 0.478. The lowest BCUT2D eigenvalue weighted by atomic mass is 10.1. The molecule has 2 heterocycles. The molecule has 15 heteroatoms. The first-order chi connectivity index (χ1) is 17.7. The average Bonchev–Trinajstić information content (AvgIpc) is 3.07. The molecule has 0 aromatic carbocycles. The maximum atomic E-state index is 12.7. The lowest BCUT2D eigenvalue weighted by Gasteiger charge is -2.30. The number of fused-ring (bicyclic) bond motifs is 1. The Morgan fingerprint density at radius 1 is 0.974 bits per heavy atom. The Hall–Kier alpha value is -4.14. The Balaban J connectivity index is 2.56. The van der Waals surface area contributed by atoms with Gasteiger partial charge in [0.2, 0.25) is 11.9 Å². The highest BCUT2D eigenvalue weighted by atomic mass is 32.1. The summed E-state index contributed by atoms with van der Waals surface area (Å²) >= 11 is 1.26. The molecule has 3 atom stereocenters. The Kier molecular flexibility index (Phi) is 10.2. The number of esters is 4. The number of rotatable bonds is 10. The van der Waals surface area contributed by atoms with Gasteiger partial charge in [-0.2, -0.15) is 10.1 Å². The van der Waals surface area contributed by atoms with Crippen molar-refractivity contribution in [2.45, 2.75) is 66.8 Å². The van der Waals surface area contributed by atoms with Crippen molar-refractivity contribution in [3.63, 3.8) is 0 Å². The molecule has 14 nitrogen and oxygen atoms in total. The maximum Gasteiger partial charge on any atom is 0.303 e. The third kappa shape index (κ3) is 7.93. The van der Waals surface area contributed by atoms with Gasteiger partial charge in [-0.05, 0) is 19.4 Å². The summed E-state index contributed by atoms with van der Waals surface area (Å²) in [5, 5.41) is 5.15. The summed E-state index contributed by atoms with van der Waals surface area (Å²) in [5.74, 6) is -4.08. The Morgan fingerprint density at radius 2 is 1.58 bits per heavy atom. The number of carbonyl (C=O) groups is 5. The van der Waals surface area contributed by atoms with Gasteiger partial charge in [0.25, 0.3) is 5.56 Å². The van der Waals surface area contributed by atoms with Gasteiger partial charge >= 0.3 is 23.9 Å². The van der Waals surface area contributed by atoms with Crippen LogP contribution >= 0.6 is 11.3 Å². The number of hydrazone groups is 1. The zero-order valence-electron chi connectivity index (χ0n) is 21.8. The summed E-state index contributed by atoms with van der Waals surface area (Å²) in [6.07, 6.45) is -3.53. The maximum absolute atomic E-state index is 12.7. The molecule has 206 valence electrons. The van der Waals surface area contributed by atoms with Crippen molar-refractivity contribution in [3.05, 3.63) is 20.8 Å². The van der Waals surface area contributed by atoms with E-state index >= 15 is 0 Å². The quantitative estimate of drug-likeness (QED) is 0.194. The molecule has 0 spiro atoms. The molecule has 0 radical (unpaired) electrons. The Morgan fingerprint density at radius 3 is 2.11 bits per heavy atom. The van der Waals surface area contributed by atoms with Crippen LogP contribution in [-0.4, -0.2) is 70.9 Å². The summed E-state index contributed by atoms with van der Waals surface area (Å²) < 4.78 is 20.6. The zero-order valence-corrected chi connectivity index (χ0v) is 22.7. The third-order valence-corrected chi connectivity index (χ3v) is 6.02. The van der Waals surface area contributed by atoms with Crippen molar-refractivity contribution in [2.24, 2.45) is 5.10 Å². The van der Waals surface area contributed by atoms with Crippen molar-refractivity contribution in [3.8, 4) is 0 Å².